The molecule has 0 aliphatic carbocycles. The van der Waals surface area contributed by atoms with Crippen LogP contribution in [-0.4, -0.2) is 42.5 Å². The first kappa shape index (κ1) is 24.2. The van der Waals surface area contributed by atoms with Crippen molar-refractivity contribution in [2.45, 2.75) is 23.9 Å². The molecule has 4 rings (SSSR count). The van der Waals surface area contributed by atoms with Crippen molar-refractivity contribution in [3.8, 4) is 0 Å². The van der Waals surface area contributed by atoms with Gasteiger partial charge in [0.2, 0.25) is 5.95 Å². The number of carbonyl (C=O) groups excluding carboxylic acids is 1. The van der Waals surface area contributed by atoms with Gasteiger partial charge in [0.15, 0.2) is 5.03 Å². The zero-order valence-corrected chi connectivity index (χ0v) is 21.7. The Morgan fingerprint density at radius 2 is 1.76 bits per heavy atom. The molecule has 0 spiro atoms. The van der Waals surface area contributed by atoms with E-state index in [0.29, 0.717) is 15.7 Å². The van der Waals surface area contributed by atoms with Crippen LogP contribution in [0.15, 0.2) is 58.2 Å². The fourth-order valence-corrected chi connectivity index (χ4v) is 5.78. The number of halogens is 3. The van der Waals surface area contributed by atoms with Crippen molar-refractivity contribution < 1.29 is 18.0 Å². The summed E-state index contributed by atoms with van der Waals surface area (Å²) in [6, 6.07) is 12.2. The zero-order chi connectivity index (χ0) is 24.1. The van der Waals surface area contributed by atoms with Crippen molar-refractivity contribution in [3.05, 3.63) is 68.7 Å². The normalized spacial score (nSPS) is 18.3. The van der Waals surface area contributed by atoms with E-state index in [1.807, 2.05) is 24.3 Å². The number of nitrogens with zero attached hydrogens (tertiary/aromatic N) is 4. The number of hydroxylamine groups is 1. The summed E-state index contributed by atoms with van der Waals surface area (Å²) in [4.78, 5) is 24.5. The molecule has 1 aliphatic heterocycles. The minimum atomic E-state index is -4.11. The number of fused-ring (bicyclic) bond motifs is 1. The smallest absolute Gasteiger partial charge is 0.282 e. The Kier molecular flexibility index (Phi) is 6.36. The molecular weight excluding hydrogens is 555 g/mol. The van der Waals surface area contributed by atoms with Gasteiger partial charge in [-0.05, 0) is 42.8 Å². The molecule has 2 aromatic carbocycles. The lowest BCUT2D eigenvalue weighted by Gasteiger charge is -2.27. The van der Waals surface area contributed by atoms with Gasteiger partial charge >= 0.3 is 0 Å². The summed E-state index contributed by atoms with van der Waals surface area (Å²) in [5.74, 6) is -0.232. The average molecular weight is 574 g/mol. The van der Waals surface area contributed by atoms with Gasteiger partial charge in [-0.2, -0.15) is 0 Å². The largest absolute Gasteiger partial charge is 0.288 e. The molecule has 174 valence electrons. The summed E-state index contributed by atoms with van der Waals surface area (Å²) in [6.45, 7) is 1.68. The van der Waals surface area contributed by atoms with E-state index in [1.54, 1.807) is 25.1 Å². The van der Waals surface area contributed by atoms with Crippen molar-refractivity contribution in [3.63, 3.8) is 0 Å². The van der Waals surface area contributed by atoms with Gasteiger partial charge in [-0.1, -0.05) is 55.7 Å². The average Bonchev–Trinajstić information content (AvgIpc) is 3.27. The highest BCUT2D eigenvalue weighted by Gasteiger charge is 2.52. The number of sulfonamides is 1. The molecule has 12 heteroatoms. The molecule has 0 fully saturated rings. The van der Waals surface area contributed by atoms with Crippen LogP contribution in [0.1, 0.15) is 12.5 Å². The minimum Gasteiger partial charge on any atom is -0.288 e. The summed E-state index contributed by atoms with van der Waals surface area (Å²) in [5.41, 5.74) is -0.0955. The van der Waals surface area contributed by atoms with Crippen molar-refractivity contribution in [1.29, 1.82) is 0 Å². The Hall–Kier alpha value is -1.95. The van der Waals surface area contributed by atoms with Crippen molar-refractivity contribution in [2.75, 3.05) is 19.1 Å². The number of benzene rings is 2. The molecule has 0 bridgehead atoms. The van der Waals surface area contributed by atoms with Crippen LogP contribution in [0.25, 0.3) is 0 Å². The molecule has 1 amide bonds. The standard InChI is InChI=1S/C21H19BrCl2N4O4S/c1-21(11-13-4-6-14(22)7-5-13)19(29)27(17-9-15(23)8-16(24)10-17)20-25-12-18(28(20)21)33(30,31)26(2)32-3/h4-10,12H,11H2,1-3H3/t21-/m1/s1. The number of amides is 1. The summed E-state index contributed by atoms with van der Waals surface area (Å²) >= 11 is 15.8. The van der Waals surface area contributed by atoms with Gasteiger partial charge in [-0.3, -0.25) is 14.2 Å². The molecule has 0 N–H and O–H groups in total. The Bertz CT molecular complexity index is 1330. The van der Waals surface area contributed by atoms with E-state index in [1.165, 1.54) is 29.8 Å². The first-order valence-corrected chi connectivity index (χ1v) is 12.6. The van der Waals surface area contributed by atoms with Crippen LogP contribution in [0.2, 0.25) is 10.0 Å². The lowest BCUT2D eigenvalue weighted by molar-refractivity contribution is -0.124. The van der Waals surface area contributed by atoms with Crippen LogP contribution >= 0.6 is 39.1 Å². The predicted octanol–water partition coefficient (Wildman–Crippen LogP) is 4.77. The number of hydrogen-bond acceptors (Lipinski definition) is 5. The van der Waals surface area contributed by atoms with E-state index in [0.717, 1.165) is 14.5 Å². The summed E-state index contributed by atoms with van der Waals surface area (Å²) < 4.78 is 29.4. The van der Waals surface area contributed by atoms with Gasteiger partial charge in [0.05, 0.1) is 19.0 Å². The van der Waals surface area contributed by atoms with E-state index in [9.17, 15) is 13.2 Å². The maximum Gasteiger partial charge on any atom is 0.282 e. The number of anilines is 2. The van der Waals surface area contributed by atoms with Crippen molar-refractivity contribution >= 4 is 66.7 Å². The quantitative estimate of drug-likeness (QED) is 0.397. The lowest BCUT2D eigenvalue weighted by atomic mass is 9.92. The molecule has 1 atom stereocenters. The molecule has 0 saturated carbocycles. The second kappa shape index (κ2) is 8.68. The monoisotopic (exact) mass is 572 g/mol. The van der Waals surface area contributed by atoms with Crippen LogP contribution < -0.4 is 4.90 Å². The topological polar surface area (TPSA) is 84.7 Å². The number of imidazole rings is 1. The Morgan fingerprint density at radius 1 is 1.15 bits per heavy atom. The number of hydrogen-bond donors (Lipinski definition) is 0. The third-order valence-corrected chi connectivity index (χ3v) is 8.10. The number of rotatable bonds is 6. The van der Waals surface area contributed by atoms with E-state index in [4.69, 9.17) is 28.0 Å². The van der Waals surface area contributed by atoms with Crippen LogP contribution in [0.4, 0.5) is 11.6 Å². The van der Waals surface area contributed by atoms with Gasteiger partial charge in [-0.15, -0.1) is 0 Å². The Morgan fingerprint density at radius 3 is 2.33 bits per heavy atom. The van der Waals surface area contributed by atoms with Gasteiger partial charge in [0.1, 0.15) is 5.54 Å². The fraction of sp³-hybridized carbons (Fsp3) is 0.238. The predicted molar refractivity (Wildman–Crippen MR) is 129 cm³/mol. The molecule has 3 aromatic rings. The van der Waals surface area contributed by atoms with Gasteiger partial charge in [0.25, 0.3) is 15.9 Å². The second-order valence-electron chi connectivity index (χ2n) is 7.67. The van der Waals surface area contributed by atoms with Gasteiger partial charge in [-0.25, -0.2) is 18.3 Å². The highest BCUT2D eigenvalue weighted by atomic mass is 79.9. The summed E-state index contributed by atoms with van der Waals surface area (Å²) in [7, 11) is -1.60. The zero-order valence-electron chi connectivity index (χ0n) is 17.8. The van der Waals surface area contributed by atoms with Gasteiger partial charge < -0.3 is 0 Å². The molecule has 33 heavy (non-hydrogen) atoms. The minimum absolute atomic E-state index is 0.140. The molecule has 8 nitrogen and oxygen atoms in total. The third-order valence-electron chi connectivity index (χ3n) is 5.50. The second-order valence-corrected chi connectivity index (χ2v) is 11.3. The summed E-state index contributed by atoms with van der Waals surface area (Å²) in [6.07, 6.45) is 1.43. The Balaban J connectivity index is 1.94. The van der Waals surface area contributed by atoms with E-state index in [-0.39, 0.29) is 23.3 Å². The third kappa shape index (κ3) is 4.09. The SMILES string of the molecule is CON(C)S(=O)(=O)c1cnc2n1[C@](C)(Cc1ccc(Br)cc1)C(=O)N2c1cc(Cl)cc(Cl)c1. The maximum absolute atomic E-state index is 13.9. The van der Waals surface area contributed by atoms with E-state index >= 15 is 0 Å². The van der Waals surface area contributed by atoms with Crippen molar-refractivity contribution in [2.24, 2.45) is 0 Å². The van der Waals surface area contributed by atoms with Gasteiger partial charge in [0, 0.05) is 28.0 Å². The molecule has 1 aromatic heterocycles. The van der Waals surface area contributed by atoms with Crippen LogP contribution in [-0.2, 0) is 31.6 Å². The molecular formula is C21H19BrCl2N4O4S. The van der Waals surface area contributed by atoms with Crippen LogP contribution in [0, 0.1) is 0 Å². The van der Waals surface area contributed by atoms with Crippen LogP contribution in [0.3, 0.4) is 0 Å². The number of aromatic nitrogens is 2. The molecule has 0 saturated heterocycles. The number of carbonyl (C=O) groups is 1. The van der Waals surface area contributed by atoms with E-state index in [2.05, 4.69) is 20.9 Å². The molecule has 2 heterocycles. The molecule has 1 aliphatic rings. The fourth-order valence-electron chi connectivity index (χ4n) is 3.84. The van der Waals surface area contributed by atoms with Crippen LogP contribution in [0.5, 0.6) is 0 Å². The lowest BCUT2D eigenvalue weighted by Crippen LogP contribution is -2.42. The molecule has 0 radical (unpaired) electrons. The highest BCUT2D eigenvalue weighted by molar-refractivity contribution is 9.10. The highest BCUT2D eigenvalue weighted by Crippen LogP contribution is 2.44. The first-order valence-electron chi connectivity index (χ1n) is 9.65. The van der Waals surface area contributed by atoms with E-state index < -0.39 is 15.6 Å². The molecule has 0 unspecified atom stereocenters. The summed E-state index contributed by atoms with van der Waals surface area (Å²) in [5, 5.41) is 0.485. The maximum atomic E-state index is 13.9. The first-order chi connectivity index (χ1) is 15.5. The Labute approximate surface area is 209 Å². The van der Waals surface area contributed by atoms with Crippen molar-refractivity contribution in [1.82, 2.24) is 14.0 Å².